The van der Waals surface area contributed by atoms with Gasteiger partial charge in [0.1, 0.15) is 0 Å². The van der Waals surface area contributed by atoms with Crippen LogP contribution in [0.15, 0.2) is 36.4 Å². The maximum Gasteiger partial charge on any atom is 0.167 e. The van der Waals surface area contributed by atoms with E-state index in [1.54, 1.807) is 6.07 Å². The lowest BCUT2D eigenvalue weighted by Crippen LogP contribution is -2.25. The number of fused-ring (bicyclic) bond motifs is 1. The van der Waals surface area contributed by atoms with Gasteiger partial charge in [-0.15, -0.1) is 0 Å². The number of hydrogen-bond donors (Lipinski definition) is 1. The molecule has 20 heavy (non-hydrogen) atoms. The van der Waals surface area contributed by atoms with Gasteiger partial charge in [0.2, 0.25) is 0 Å². The van der Waals surface area contributed by atoms with Gasteiger partial charge in [0.15, 0.2) is 11.6 Å². The summed E-state index contributed by atoms with van der Waals surface area (Å²) < 4.78 is 18.7. The Balaban J connectivity index is 2.11. The first-order chi connectivity index (χ1) is 9.70. The molecule has 0 atom stereocenters. The van der Waals surface area contributed by atoms with Crippen LogP contribution in [-0.4, -0.2) is 13.7 Å². The van der Waals surface area contributed by atoms with Crippen LogP contribution in [0.1, 0.15) is 12.0 Å². The third kappa shape index (κ3) is 2.07. The van der Waals surface area contributed by atoms with Crippen LogP contribution in [-0.2, 0) is 6.42 Å². The number of para-hydroxylation sites is 1. The van der Waals surface area contributed by atoms with Gasteiger partial charge in [0.25, 0.3) is 0 Å². The lowest BCUT2D eigenvalue weighted by atomic mass is 10.0. The monoisotopic (exact) mass is 272 g/mol. The summed E-state index contributed by atoms with van der Waals surface area (Å²) in [4.78, 5) is 2.14. The van der Waals surface area contributed by atoms with Gasteiger partial charge < -0.3 is 15.4 Å². The van der Waals surface area contributed by atoms with Gasteiger partial charge in [-0.05, 0) is 24.5 Å². The van der Waals surface area contributed by atoms with Crippen molar-refractivity contribution in [2.75, 3.05) is 24.3 Å². The molecule has 0 bridgehead atoms. The van der Waals surface area contributed by atoms with Crippen LogP contribution in [0.4, 0.5) is 21.5 Å². The molecule has 0 spiro atoms. The van der Waals surface area contributed by atoms with Crippen molar-refractivity contribution in [1.82, 2.24) is 0 Å². The molecule has 0 amide bonds. The Kier molecular flexibility index (Phi) is 3.22. The third-order valence-electron chi connectivity index (χ3n) is 3.70. The van der Waals surface area contributed by atoms with Gasteiger partial charge in [-0.2, -0.15) is 0 Å². The third-order valence-corrected chi connectivity index (χ3v) is 3.70. The molecule has 2 aromatic rings. The van der Waals surface area contributed by atoms with E-state index in [-0.39, 0.29) is 5.75 Å². The molecule has 0 saturated heterocycles. The molecule has 0 radical (unpaired) electrons. The fraction of sp³-hybridized carbons (Fsp3) is 0.250. The van der Waals surface area contributed by atoms with Crippen molar-refractivity contribution >= 4 is 17.1 Å². The molecule has 0 saturated carbocycles. The van der Waals surface area contributed by atoms with E-state index < -0.39 is 5.82 Å². The second-order valence-corrected chi connectivity index (χ2v) is 4.93. The molecule has 0 fully saturated rings. The Morgan fingerprint density at radius 1 is 1.20 bits per heavy atom. The second-order valence-electron chi connectivity index (χ2n) is 4.93. The first-order valence-electron chi connectivity index (χ1n) is 6.69. The molecule has 1 aliphatic rings. The van der Waals surface area contributed by atoms with E-state index in [2.05, 4.69) is 17.0 Å². The van der Waals surface area contributed by atoms with E-state index in [0.29, 0.717) is 5.69 Å². The second kappa shape index (κ2) is 5.04. The van der Waals surface area contributed by atoms with Gasteiger partial charge in [-0.25, -0.2) is 4.39 Å². The van der Waals surface area contributed by atoms with Crippen LogP contribution in [0.25, 0.3) is 0 Å². The summed E-state index contributed by atoms with van der Waals surface area (Å²) in [6, 6.07) is 11.2. The number of anilines is 3. The summed E-state index contributed by atoms with van der Waals surface area (Å²) in [6.07, 6.45) is 2.11. The number of rotatable bonds is 2. The van der Waals surface area contributed by atoms with Gasteiger partial charge >= 0.3 is 0 Å². The standard InChI is InChI=1S/C16H17FN2O/c1-20-16-10-15(13(18)9-12(16)17)19-8-4-6-11-5-2-3-7-14(11)19/h2-3,5,7,9-10H,4,6,8,18H2,1H3. The lowest BCUT2D eigenvalue weighted by molar-refractivity contribution is 0.387. The van der Waals surface area contributed by atoms with Crippen molar-refractivity contribution in [3.8, 4) is 5.75 Å². The molecule has 2 N–H and O–H groups in total. The van der Waals surface area contributed by atoms with Crippen LogP contribution in [0.5, 0.6) is 5.75 Å². The van der Waals surface area contributed by atoms with Crippen molar-refractivity contribution in [3.05, 3.63) is 47.8 Å². The van der Waals surface area contributed by atoms with Gasteiger partial charge in [0, 0.05) is 24.4 Å². The highest BCUT2D eigenvalue weighted by atomic mass is 19.1. The first kappa shape index (κ1) is 12.8. The van der Waals surface area contributed by atoms with Crippen LogP contribution in [0.2, 0.25) is 0 Å². The minimum atomic E-state index is -0.431. The predicted molar refractivity (Wildman–Crippen MR) is 79.1 cm³/mol. The zero-order valence-corrected chi connectivity index (χ0v) is 11.4. The van der Waals surface area contributed by atoms with Crippen LogP contribution in [0, 0.1) is 5.82 Å². The Labute approximate surface area is 117 Å². The summed E-state index contributed by atoms with van der Waals surface area (Å²) in [7, 11) is 1.46. The van der Waals surface area contributed by atoms with Crippen molar-refractivity contribution in [1.29, 1.82) is 0 Å². The summed E-state index contributed by atoms with van der Waals surface area (Å²) >= 11 is 0. The van der Waals surface area contributed by atoms with Gasteiger partial charge in [-0.3, -0.25) is 0 Å². The molecule has 2 aromatic carbocycles. The summed E-state index contributed by atoms with van der Waals surface area (Å²) in [5.74, 6) is -0.212. The Morgan fingerprint density at radius 2 is 2.00 bits per heavy atom. The molecule has 1 heterocycles. The van der Waals surface area contributed by atoms with E-state index in [1.165, 1.54) is 18.7 Å². The highest BCUT2D eigenvalue weighted by Gasteiger charge is 2.21. The highest BCUT2D eigenvalue weighted by molar-refractivity contribution is 5.78. The van der Waals surface area contributed by atoms with Gasteiger partial charge in [0.05, 0.1) is 18.5 Å². The minimum absolute atomic E-state index is 0.220. The fourth-order valence-corrected chi connectivity index (χ4v) is 2.73. The Bertz CT molecular complexity index is 642. The Hall–Kier alpha value is -2.23. The zero-order valence-electron chi connectivity index (χ0n) is 11.4. The van der Waals surface area contributed by atoms with Crippen LogP contribution in [0.3, 0.4) is 0 Å². The predicted octanol–water partition coefficient (Wildman–Crippen LogP) is 3.50. The van der Waals surface area contributed by atoms with Crippen LogP contribution < -0.4 is 15.4 Å². The Morgan fingerprint density at radius 3 is 2.80 bits per heavy atom. The number of nitrogens with zero attached hydrogens (tertiary/aromatic N) is 1. The van der Waals surface area contributed by atoms with E-state index in [4.69, 9.17) is 10.5 Å². The first-order valence-corrected chi connectivity index (χ1v) is 6.69. The van der Waals surface area contributed by atoms with E-state index >= 15 is 0 Å². The molecule has 0 aromatic heterocycles. The minimum Gasteiger partial charge on any atom is -0.494 e. The number of methoxy groups -OCH3 is 1. The smallest absolute Gasteiger partial charge is 0.167 e. The molecule has 0 unspecified atom stereocenters. The summed E-state index contributed by atoms with van der Waals surface area (Å²) in [6.45, 7) is 0.871. The molecule has 3 rings (SSSR count). The molecular weight excluding hydrogens is 255 g/mol. The molecule has 104 valence electrons. The fourth-order valence-electron chi connectivity index (χ4n) is 2.73. The summed E-state index contributed by atoms with van der Waals surface area (Å²) in [5, 5.41) is 0. The molecular formula is C16H17FN2O. The average Bonchev–Trinajstić information content (AvgIpc) is 2.47. The van der Waals surface area contributed by atoms with Crippen molar-refractivity contribution < 1.29 is 9.13 Å². The number of benzene rings is 2. The number of hydrogen-bond acceptors (Lipinski definition) is 3. The highest BCUT2D eigenvalue weighted by Crippen LogP contribution is 2.38. The molecule has 3 nitrogen and oxygen atoms in total. The number of halogens is 1. The number of aryl methyl sites for hydroxylation is 1. The number of nitrogen functional groups attached to an aromatic ring is 1. The van der Waals surface area contributed by atoms with E-state index in [9.17, 15) is 4.39 Å². The number of ether oxygens (including phenoxy) is 1. The average molecular weight is 272 g/mol. The molecule has 0 aliphatic carbocycles. The van der Waals surface area contributed by atoms with Crippen molar-refractivity contribution in [2.24, 2.45) is 0 Å². The summed E-state index contributed by atoms with van der Waals surface area (Å²) in [5.41, 5.74) is 9.66. The lowest BCUT2D eigenvalue weighted by Gasteiger charge is -2.32. The maximum atomic E-state index is 13.7. The molecule has 1 aliphatic heterocycles. The quantitative estimate of drug-likeness (QED) is 0.850. The van der Waals surface area contributed by atoms with E-state index in [1.807, 2.05) is 12.1 Å². The number of nitrogens with two attached hydrogens (primary N) is 1. The van der Waals surface area contributed by atoms with Crippen molar-refractivity contribution in [2.45, 2.75) is 12.8 Å². The zero-order chi connectivity index (χ0) is 14.1. The van der Waals surface area contributed by atoms with Crippen LogP contribution >= 0.6 is 0 Å². The topological polar surface area (TPSA) is 38.5 Å². The van der Waals surface area contributed by atoms with E-state index in [0.717, 1.165) is 30.8 Å². The maximum absolute atomic E-state index is 13.7. The van der Waals surface area contributed by atoms with Gasteiger partial charge in [-0.1, -0.05) is 18.2 Å². The SMILES string of the molecule is COc1cc(N2CCCc3ccccc32)c(N)cc1F. The largest absolute Gasteiger partial charge is 0.494 e. The normalized spacial score (nSPS) is 14.0. The molecule has 4 heteroatoms. The van der Waals surface area contributed by atoms with Crippen molar-refractivity contribution in [3.63, 3.8) is 0 Å².